The van der Waals surface area contributed by atoms with Crippen LogP contribution in [0.3, 0.4) is 0 Å². The van der Waals surface area contributed by atoms with Gasteiger partial charge in [-0.05, 0) is 42.8 Å². The second kappa shape index (κ2) is 8.14. The summed E-state index contributed by atoms with van der Waals surface area (Å²) in [6.45, 7) is 1.21. The maximum Gasteiger partial charge on any atom is 0.342 e. The molecule has 0 aliphatic rings. The van der Waals surface area contributed by atoms with Crippen molar-refractivity contribution < 1.29 is 28.6 Å². The van der Waals surface area contributed by atoms with E-state index in [4.69, 9.17) is 9.47 Å². The highest BCUT2D eigenvalue weighted by atomic mass is 19.1. The van der Waals surface area contributed by atoms with Crippen molar-refractivity contribution in [2.75, 3.05) is 13.7 Å². The number of halogens is 1. The summed E-state index contributed by atoms with van der Waals surface area (Å²) < 4.78 is 22.8. The lowest BCUT2D eigenvalue weighted by molar-refractivity contribution is -0.124. The van der Waals surface area contributed by atoms with Crippen molar-refractivity contribution in [3.8, 4) is 11.5 Å². The molecule has 0 bridgehead atoms. The van der Waals surface area contributed by atoms with E-state index in [-0.39, 0.29) is 23.2 Å². The summed E-state index contributed by atoms with van der Waals surface area (Å²) >= 11 is 0. The van der Waals surface area contributed by atoms with E-state index >= 15 is 0 Å². The molecule has 0 aliphatic carbocycles. The van der Waals surface area contributed by atoms with E-state index < -0.39 is 18.5 Å². The number of carbonyl (C=O) groups excluding carboxylic acids is 2. The van der Waals surface area contributed by atoms with Crippen LogP contribution in [0.5, 0.6) is 11.5 Å². The number of amides is 1. The molecule has 6 nitrogen and oxygen atoms in total. The number of rotatable bonds is 6. The van der Waals surface area contributed by atoms with Crippen molar-refractivity contribution in [1.82, 2.24) is 5.32 Å². The monoisotopic (exact) mass is 347 g/mol. The summed E-state index contributed by atoms with van der Waals surface area (Å²) in [5.74, 6) is -1.63. The number of nitrogens with one attached hydrogen (secondary N) is 1. The third-order valence-corrected chi connectivity index (χ3v) is 3.51. The summed E-state index contributed by atoms with van der Waals surface area (Å²) in [5, 5.41) is 12.3. The fraction of sp³-hybridized carbons (Fsp3) is 0.222. The molecule has 0 spiro atoms. The third-order valence-electron chi connectivity index (χ3n) is 3.51. The second-order valence-electron chi connectivity index (χ2n) is 5.30. The molecule has 0 aromatic heterocycles. The van der Waals surface area contributed by atoms with Crippen LogP contribution in [-0.2, 0) is 9.53 Å². The van der Waals surface area contributed by atoms with E-state index in [1.807, 2.05) is 0 Å². The lowest BCUT2D eigenvalue weighted by Crippen LogP contribution is -2.31. The Hall–Kier alpha value is -3.09. The van der Waals surface area contributed by atoms with Crippen molar-refractivity contribution >= 4 is 11.9 Å². The zero-order chi connectivity index (χ0) is 18.4. The highest BCUT2D eigenvalue weighted by Crippen LogP contribution is 2.23. The maximum absolute atomic E-state index is 12.9. The van der Waals surface area contributed by atoms with Gasteiger partial charge in [0, 0.05) is 0 Å². The fourth-order valence-corrected chi connectivity index (χ4v) is 2.13. The first kappa shape index (κ1) is 18.3. The summed E-state index contributed by atoms with van der Waals surface area (Å²) in [5.41, 5.74) is 0.616. The second-order valence-corrected chi connectivity index (χ2v) is 5.30. The van der Waals surface area contributed by atoms with Gasteiger partial charge in [-0.3, -0.25) is 4.79 Å². The van der Waals surface area contributed by atoms with Crippen molar-refractivity contribution in [3.63, 3.8) is 0 Å². The van der Waals surface area contributed by atoms with Gasteiger partial charge in [0.05, 0.1) is 13.2 Å². The standard InChI is InChI=1S/C18H18FNO5/c1-11(12-3-5-13(19)6-4-12)20-17(22)10-25-18(23)15-9-14(24-2)7-8-16(15)21/h3-9,11,21H,10H2,1-2H3,(H,20,22)/t11-/m0/s1. The third kappa shape index (κ3) is 4.94. The predicted octanol–water partition coefficient (Wildman–Crippen LogP) is 2.57. The summed E-state index contributed by atoms with van der Waals surface area (Å²) in [7, 11) is 1.42. The number of phenols is 1. The Morgan fingerprint density at radius 1 is 1.20 bits per heavy atom. The van der Waals surface area contributed by atoms with Crippen LogP contribution < -0.4 is 10.1 Å². The van der Waals surface area contributed by atoms with Gasteiger partial charge in [0.1, 0.15) is 22.9 Å². The van der Waals surface area contributed by atoms with Crippen molar-refractivity contribution in [1.29, 1.82) is 0 Å². The normalized spacial score (nSPS) is 11.5. The van der Waals surface area contributed by atoms with E-state index in [1.165, 1.54) is 37.4 Å². The van der Waals surface area contributed by atoms with Gasteiger partial charge in [-0.2, -0.15) is 0 Å². The molecule has 1 amide bonds. The lowest BCUT2D eigenvalue weighted by atomic mass is 10.1. The van der Waals surface area contributed by atoms with Crippen molar-refractivity contribution in [2.45, 2.75) is 13.0 Å². The van der Waals surface area contributed by atoms with E-state index in [9.17, 15) is 19.1 Å². The summed E-state index contributed by atoms with van der Waals surface area (Å²) in [4.78, 5) is 23.9. The highest BCUT2D eigenvalue weighted by molar-refractivity contribution is 5.94. The van der Waals surface area contributed by atoms with Crippen molar-refractivity contribution in [2.24, 2.45) is 0 Å². The van der Waals surface area contributed by atoms with Gasteiger partial charge in [0.15, 0.2) is 6.61 Å². The van der Waals surface area contributed by atoms with Crippen LogP contribution in [0.25, 0.3) is 0 Å². The maximum atomic E-state index is 12.9. The molecule has 0 fully saturated rings. The molecule has 0 aliphatic heterocycles. The topological polar surface area (TPSA) is 84.9 Å². The van der Waals surface area contributed by atoms with Gasteiger partial charge in [0.2, 0.25) is 0 Å². The van der Waals surface area contributed by atoms with Crippen molar-refractivity contribution in [3.05, 3.63) is 59.4 Å². The van der Waals surface area contributed by atoms with E-state index in [0.717, 1.165) is 0 Å². The Bertz CT molecular complexity index is 761. The quantitative estimate of drug-likeness (QED) is 0.785. The van der Waals surface area contributed by atoms with Crippen LogP contribution in [0.4, 0.5) is 4.39 Å². The minimum absolute atomic E-state index is 0.0984. The largest absolute Gasteiger partial charge is 0.507 e. The van der Waals surface area contributed by atoms with E-state index in [1.54, 1.807) is 19.1 Å². The minimum atomic E-state index is -0.846. The zero-order valence-corrected chi connectivity index (χ0v) is 13.8. The van der Waals surface area contributed by atoms with Crippen LogP contribution in [0.1, 0.15) is 28.9 Å². The molecule has 2 aromatic carbocycles. The first-order valence-electron chi connectivity index (χ1n) is 7.49. The molecule has 0 saturated carbocycles. The van der Waals surface area contributed by atoms with Gasteiger partial charge in [-0.15, -0.1) is 0 Å². The molecule has 25 heavy (non-hydrogen) atoms. The molecular weight excluding hydrogens is 329 g/mol. The number of methoxy groups -OCH3 is 1. The molecule has 0 radical (unpaired) electrons. The number of carbonyl (C=O) groups is 2. The molecule has 2 rings (SSSR count). The molecule has 132 valence electrons. The van der Waals surface area contributed by atoms with Crippen LogP contribution in [0, 0.1) is 5.82 Å². The Morgan fingerprint density at radius 3 is 2.52 bits per heavy atom. The number of esters is 1. The SMILES string of the molecule is COc1ccc(O)c(C(=O)OCC(=O)N[C@@H](C)c2ccc(F)cc2)c1. The average Bonchev–Trinajstić information content (AvgIpc) is 2.60. The first-order chi connectivity index (χ1) is 11.9. The molecule has 0 unspecified atom stereocenters. The van der Waals surface area contributed by atoms with E-state index in [0.29, 0.717) is 11.3 Å². The number of benzene rings is 2. The molecule has 0 saturated heterocycles. The zero-order valence-electron chi connectivity index (χ0n) is 13.8. The Kier molecular flexibility index (Phi) is 5.94. The number of hydrogen-bond donors (Lipinski definition) is 2. The van der Waals surface area contributed by atoms with Crippen LogP contribution in [0.2, 0.25) is 0 Å². The Labute approximate surface area is 144 Å². The van der Waals surface area contributed by atoms with Gasteiger partial charge in [0.25, 0.3) is 5.91 Å². The fourth-order valence-electron chi connectivity index (χ4n) is 2.13. The molecule has 2 aromatic rings. The van der Waals surface area contributed by atoms with Gasteiger partial charge < -0.3 is 19.9 Å². The molecule has 7 heteroatoms. The van der Waals surface area contributed by atoms with Gasteiger partial charge >= 0.3 is 5.97 Å². The van der Waals surface area contributed by atoms with Crippen LogP contribution >= 0.6 is 0 Å². The highest BCUT2D eigenvalue weighted by Gasteiger charge is 2.16. The van der Waals surface area contributed by atoms with Crippen LogP contribution in [0.15, 0.2) is 42.5 Å². The Balaban J connectivity index is 1.91. The van der Waals surface area contributed by atoms with Gasteiger partial charge in [-0.25, -0.2) is 9.18 Å². The summed E-state index contributed by atoms with van der Waals surface area (Å²) in [6.07, 6.45) is 0. The first-order valence-corrected chi connectivity index (χ1v) is 7.49. The minimum Gasteiger partial charge on any atom is -0.507 e. The number of ether oxygens (including phenoxy) is 2. The molecule has 0 heterocycles. The summed E-state index contributed by atoms with van der Waals surface area (Å²) in [6, 6.07) is 9.43. The molecule has 1 atom stereocenters. The smallest absolute Gasteiger partial charge is 0.342 e. The lowest BCUT2D eigenvalue weighted by Gasteiger charge is -2.14. The van der Waals surface area contributed by atoms with Crippen LogP contribution in [-0.4, -0.2) is 30.7 Å². The average molecular weight is 347 g/mol. The Morgan fingerprint density at radius 2 is 1.88 bits per heavy atom. The molecular formula is C18H18FNO5. The van der Waals surface area contributed by atoms with Gasteiger partial charge in [-0.1, -0.05) is 12.1 Å². The molecule has 2 N–H and O–H groups in total. The number of hydrogen-bond acceptors (Lipinski definition) is 5. The van der Waals surface area contributed by atoms with E-state index in [2.05, 4.69) is 5.32 Å². The predicted molar refractivity (Wildman–Crippen MR) is 87.9 cm³/mol. The number of aromatic hydroxyl groups is 1. The number of phenolic OH excluding ortho intramolecular Hbond substituents is 1.